The van der Waals surface area contributed by atoms with Crippen LogP contribution in [0, 0.1) is 35.1 Å². The molecule has 4 aromatic rings. The average Bonchev–Trinajstić information content (AvgIpc) is 2.80. The summed E-state index contributed by atoms with van der Waals surface area (Å²) < 4.78 is 61.7. The van der Waals surface area contributed by atoms with Gasteiger partial charge in [-0.15, -0.1) is 0 Å². The summed E-state index contributed by atoms with van der Waals surface area (Å²) in [5.74, 6) is 2.11. The van der Waals surface area contributed by atoms with Gasteiger partial charge in [-0.3, -0.25) is 0 Å². The second-order valence-electron chi connectivity index (χ2n) is 6.95. The maximum Gasteiger partial charge on any atom is 0.166 e. The van der Waals surface area contributed by atoms with Crippen molar-refractivity contribution in [2.45, 2.75) is 13.3 Å². The molecular formula is C25H16F4N2O. The van der Waals surface area contributed by atoms with Crippen LogP contribution in [0.3, 0.4) is 0 Å². The highest BCUT2D eigenvalue weighted by atomic mass is 19.2. The van der Waals surface area contributed by atoms with Crippen molar-refractivity contribution in [2.75, 3.05) is 6.61 Å². The van der Waals surface area contributed by atoms with Gasteiger partial charge in [-0.1, -0.05) is 30.9 Å². The molecule has 0 spiro atoms. The summed E-state index contributed by atoms with van der Waals surface area (Å²) in [6.45, 7) is 2.48. The third-order valence-electron chi connectivity index (χ3n) is 4.64. The Labute approximate surface area is 181 Å². The normalized spacial score (nSPS) is 10.7. The van der Waals surface area contributed by atoms with E-state index in [9.17, 15) is 17.6 Å². The third-order valence-corrected chi connectivity index (χ3v) is 4.64. The molecule has 1 aromatic heterocycles. The lowest BCUT2D eigenvalue weighted by Crippen LogP contribution is -1.98. The van der Waals surface area contributed by atoms with Crippen LogP contribution in [0.1, 0.15) is 24.5 Å². The molecule has 0 aliphatic rings. The Balaban J connectivity index is 1.62. The topological polar surface area (TPSA) is 35.0 Å². The van der Waals surface area contributed by atoms with E-state index in [2.05, 4.69) is 21.8 Å². The van der Waals surface area contributed by atoms with Gasteiger partial charge in [-0.25, -0.2) is 27.5 Å². The van der Waals surface area contributed by atoms with Gasteiger partial charge in [0, 0.05) is 16.5 Å². The molecule has 0 amide bonds. The van der Waals surface area contributed by atoms with Gasteiger partial charge in [0.25, 0.3) is 0 Å². The number of fused-ring (bicyclic) bond motifs is 1. The number of benzene rings is 3. The highest BCUT2D eigenvalue weighted by Gasteiger charge is 2.13. The maximum atomic E-state index is 14.6. The molecular weight excluding hydrogens is 420 g/mol. The Morgan fingerprint density at radius 1 is 0.844 bits per heavy atom. The fraction of sp³-hybridized carbons (Fsp3) is 0.120. The van der Waals surface area contributed by atoms with Crippen LogP contribution in [-0.4, -0.2) is 16.6 Å². The third kappa shape index (κ3) is 4.40. The molecule has 0 aliphatic carbocycles. The van der Waals surface area contributed by atoms with Crippen molar-refractivity contribution in [2.24, 2.45) is 0 Å². The molecule has 0 saturated heterocycles. The van der Waals surface area contributed by atoms with E-state index in [0.29, 0.717) is 23.3 Å². The molecule has 0 atom stereocenters. The Kier molecular flexibility index (Phi) is 6.04. The molecule has 0 radical (unpaired) electrons. The number of hydrogen-bond acceptors (Lipinski definition) is 3. The molecule has 0 fully saturated rings. The molecule has 32 heavy (non-hydrogen) atoms. The summed E-state index contributed by atoms with van der Waals surface area (Å²) in [4.78, 5) is 8.17. The van der Waals surface area contributed by atoms with Crippen molar-refractivity contribution in [3.05, 3.63) is 89.3 Å². The fourth-order valence-corrected chi connectivity index (χ4v) is 3.06. The number of rotatable bonds is 4. The van der Waals surface area contributed by atoms with Crippen molar-refractivity contribution in [1.29, 1.82) is 0 Å². The van der Waals surface area contributed by atoms with Crippen LogP contribution >= 0.6 is 0 Å². The average molecular weight is 436 g/mol. The molecule has 0 aliphatic heterocycles. The molecule has 4 rings (SSSR count). The molecule has 3 nitrogen and oxygen atoms in total. The maximum absolute atomic E-state index is 14.6. The van der Waals surface area contributed by atoms with E-state index in [4.69, 9.17) is 4.74 Å². The van der Waals surface area contributed by atoms with Gasteiger partial charge in [0.05, 0.1) is 24.6 Å². The molecule has 0 saturated carbocycles. The highest BCUT2D eigenvalue weighted by molar-refractivity contribution is 5.84. The van der Waals surface area contributed by atoms with Crippen LogP contribution in [0.4, 0.5) is 17.6 Å². The quantitative estimate of drug-likeness (QED) is 0.289. The van der Waals surface area contributed by atoms with Crippen LogP contribution in [0.15, 0.2) is 54.9 Å². The summed E-state index contributed by atoms with van der Waals surface area (Å²) in [5.41, 5.74) is 0.148. The number of halogens is 4. The first-order chi connectivity index (χ1) is 15.5. The van der Waals surface area contributed by atoms with Crippen molar-refractivity contribution in [1.82, 2.24) is 9.97 Å². The second kappa shape index (κ2) is 9.06. The number of nitrogens with zero attached hydrogens (tertiary/aromatic N) is 2. The SMILES string of the molecule is CCCOc1cnc(-c2cc(F)c(C#Cc3ccc4c(F)c(F)ccc4c3)c(F)c2)nc1. The molecule has 0 N–H and O–H groups in total. The lowest BCUT2D eigenvalue weighted by Gasteiger charge is -2.06. The van der Waals surface area contributed by atoms with Crippen LogP contribution in [0.2, 0.25) is 0 Å². The minimum Gasteiger partial charge on any atom is -0.490 e. The summed E-state index contributed by atoms with van der Waals surface area (Å²) in [7, 11) is 0. The predicted octanol–water partition coefficient (Wildman–Crippen LogP) is 6.04. The first-order valence-electron chi connectivity index (χ1n) is 9.80. The minimum atomic E-state index is -0.957. The highest BCUT2D eigenvalue weighted by Crippen LogP contribution is 2.24. The van der Waals surface area contributed by atoms with E-state index in [0.717, 1.165) is 24.6 Å². The van der Waals surface area contributed by atoms with Crippen molar-refractivity contribution in [3.8, 4) is 29.0 Å². The standard InChI is InChI=1S/C25H16F4N2O/c1-2-9-32-18-13-30-25(31-14-18)17-11-22(27)20(23(28)12-17)7-4-15-3-6-19-16(10-15)5-8-21(26)24(19)29/h3,5-6,8,10-14H,2,9H2,1H3. The largest absolute Gasteiger partial charge is 0.490 e. The minimum absolute atomic E-state index is 0.100. The van der Waals surface area contributed by atoms with Crippen molar-refractivity contribution < 1.29 is 22.3 Å². The molecule has 3 aromatic carbocycles. The van der Waals surface area contributed by atoms with E-state index in [1.165, 1.54) is 36.7 Å². The molecule has 1 heterocycles. The van der Waals surface area contributed by atoms with E-state index >= 15 is 0 Å². The van der Waals surface area contributed by atoms with Gasteiger partial charge >= 0.3 is 0 Å². The zero-order chi connectivity index (χ0) is 22.7. The van der Waals surface area contributed by atoms with E-state index in [-0.39, 0.29) is 16.8 Å². The van der Waals surface area contributed by atoms with Gasteiger partial charge < -0.3 is 4.74 Å². The van der Waals surface area contributed by atoms with Gasteiger partial charge in [-0.05, 0) is 42.1 Å². The zero-order valence-electron chi connectivity index (χ0n) is 16.9. The van der Waals surface area contributed by atoms with Gasteiger partial charge in [0.15, 0.2) is 23.2 Å². The Morgan fingerprint density at radius 2 is 1.56 bits per heavy atom. The van der Waals surface area contributed by atoms with Gasteiger partial charge in [0.1, 0.15) is 11.6 Å². The van der Waals surface area contributed by atoms with Crippen molar-refractivity contribution >= 4 is 10.8 Å². The fourth-order valence-electron chi connectivity index (χ4n) is 3.06. The smallest absolute Gasteiger partial charge is 0.166 e. The predicted molar refractivity (Wildman–Crippen MR) is 113 cm³/mol. The lowest BCUT2D eigenvalue weighted by molar-refractivity contribution is 0.315. The Bertz CT molecular complexity index is 1340. The number of aromatic nitrogens is 2. The second-order valence-corrected chi connectivity index (χ2v) is 6.95. The van der Waals surface area contributed by atoms with Gasteiger partial charge in [0.2, 0.25) is 0 Å². The van der Waals surface area contributed by atoms with E-state index in [1.807, 2.05) is 6.92 Å². The summed E-state index contributed by atoms with van der Waals surface area (Å²) in [5, 5.41) is 0.527. The summed E-state index contributed by atoms with van der Waals surface area (Å²) in [6, 6.07) is 8.98. The summed E-state index contributed by atoms with van der Waals surface area (Å²) in [6.07, 6.45) is 3.71. The van der Waals surface area contributed by atoms with E-state index < -0.39 is 28.8 Å². The number of hydrogen-bond donors (Lipinski definition) is 0. The van der Waals surface area contributed by atoms with Crippen LogP contribution in [0.25, 0.3) is 22.2 Å². The molecule has 7 heteroatoms. The monoisotopic (exact) mass is 436 g/mol. The Morgan fingerprint density at radius 3 is 2.25 bits per heavy atom. The lowest BCUT2D eigenvalue weighted by atomic mass is 10.1. The van der Waals surface area contributed by atoms with Crippen LogP contribution < -0.4 is 4.74 Å². The molecule has 0 unspecified atom stereocenters. The van der Waals surface area contributed by atoms with E-state index in [1.54, 1.807) is 0 Å². The zero-order valence-corrected chi connectivity index (χ0v) is 16.9. The van der Waals surface area contributed by atoms with Crippen LogP contribution in [-0.2, 0) is 0 Å². The molecule has 0 bridgehead atoms. The van der Waals surface area contributed by atoms with Crippen LogP contribution in [0.5, 0.6) is 5.75 Å². The summed E-state index contributed by atoms with van der Waals surface area (Å²) >= 11 is 0. The Hall–Kier alpha value is -3.92. The molecule has 160 valence electrons. The van der Waals surface area contributed by atoms with Crippen molar-refractivity contribution in [3.63, 3.8) is 0 Å². The van der Waals surface area contributed by atoms with Gasteiger partial charge in [-0.2, -0.15) is 0 Å². The first-order valence-corrected chi connectivity index (χ1v) is 9.80. The first kappa shape index (κ1) is 21.3. The number of ether oxygens (including phenoxy) is 1.